The maximum Gasteiger partial charge on any atom is 0.367 e. The Morgan fingerprint density at radius 2 is 2.00 bits per heavy atom. The van der Waals surface area contributed by atoms with Crippen molar-refractivity contribution >= 4 is 32.5 Å². The Morgan fingerprint density at radius 3 is 2.59 bits per heavy atom. The smallest absolute Gasteiger partial charge is 0.367 e. The highest BCUT2D eigenvalue weighted by molar-refractivity contribution is 14.1. The molecule has 0 aromatic heterocycles. The molecular weight excluding hydrogens is 335 g/mol. The molecule has 4 saturated carbocycles. The van der Waals surface area contributed by atoms with Gasteiger partial charge in [-0.1, -0.05) is 0 Å². The first-order valence-electron chi connectivity index (χ1n) is 6.06. The average Bonchev–Trinajstić information content (AvgIpc) is 2.62. The van der Waals surface area contributed by atoms with Crippen molar-refractivity contribution in [2.24, 2.45) is 29.1 Å². The topological polar surface area (TPSA) is 63.6 Å². The molecule has 5 heteroatoms. The fourth-order valence-electron chi connectivity index (χ4n) is 4.73. The number of hydrogen-bond donors (Lipinski definition) is 1. The fourth-order valence-corrected chi connectivity index (χ4v) is 4.88. The van der Waals surface area contributed by atoms with Crippen LogP contribution < -0.4 is 0 Å². The first kappa shape index (κ1) is 11.7. The van der Waals surface area contributed by atoms with Gasteiger partial charge in [0.15, 0.2) is 0 Å². The number of ether oxygens (including phenoxy) is 1. The number of halogens is 1. The van der Waals surface area contributed by atoms with Crippen LogP contribution in [0.15, 0.2) is 0 Å². The number of carbonyl (C=O) groups excluding carboxylic acids is 1. The minimum Gasteiger partial charge on any atom is -0.481 e. The molecule has 5 unspecified atom stereocenters. The molecule has 4 bridgehead atoms. The first-order valence-corrected chi connectivity index (χ1v) is 7.14. The summed E-state index contributed by atoms with van der Waals surface area (Å²) in [6, 6.07) is 0. The number of aliphatic carboxylic acids is 1. The van der Waals surface area contributed by atoms with Crippen LogP contribution in [0.25, 0.3) is 0 Å². The van der Waals surface area contributed by atoms with E-state index in [2.05, 4.69) is 0 Å². The third-order valence-electron chi connectivity index (χ3n) is 5.02. The highest BCUT2D eigenvalue weighted by Gasteiger charge is 2.62. The molecule has 4 nitrogen and oxygen atoms in total. The van der Waals surface area contributed by atoms with Crippen LogP contribution in [0.1, 0.15) is 25.7 Å². The summed E-state index contributed by atoms with van der Waals surface area (Å²) < 4.78 is 4.91. The largest absolute Gasteiger partial charge is 0.481 e. The van der Waals surface area contributed by atoms with Gasteiger partial charge < -0.3 is 9.84 Å². The molecular formula is C12H15IO4. The van der Waals surface area contributed by atoms with Crippen LogP contribution in [0.5, 0.6) is 0 Å². The molecule has 1 N–H and O–H groups in total. The lowest BCUT2D eigenvalue weighted by Crippen LogP contribution is -2.38. The molecule has 0 heterocycles. The van der Waals surface area contributed by atoms with Crippen molar-refractivity contribution in [3.8, 4) is 0 Å². The minimum atomic E-state index is -0.621. The van der Waals surface area contributed by atoms with Gasteiger partial charge in [-0.3, -0.25) is 4.79 Å². The van der Waals surface area contributed by atoms with Gasteiger partial charge in [0.1, 0.15) is 0 Å². The lowest BCUT2D eigenvalue weighted by molar-refractivity contribution is -0.146. The predicted octanol–water partition coefficient (Wildman–Crippen LogP) is 2.70. The second-order valence-electron chi connectivity index (χ2n) is 5.92. The van der Waals surface area contributed by atoms with E-state index in [1.165, 1.54) is 0 Å². The molecule has 0 aromatic carbocycles. The molecule has 94 valence electrons. The van der Waals surface area contributed by atoms with Gasteiger partial charge in [-0.05, 0) is 43.4 Å². The fraction of sp³-hybridized carbons (Fsp3) is 0.833. The van der Waals surface area contributed by atoms with Crippen LogP contribution in [-0.4, -0.2) is 21.7 Å². The number of rotatable bonds is 3. The van der Waals surface area contributed by atoms with Gasteiger partial charge >= 0.3 is 9.95 Å². The third-order valence-corrected chi connectivity index (χ3v) is 5.33. The Morgan fingerprint density at radius 1 is 1.29 bits per heavy atom. The van der Waals surface area contributed by atoms with Crippen LogP contribution in [0, 0.1) is 29.1 Å². The molecule has 4 rings (SSSR count). The van der Waals surface area contributed by atoms with E-state index in [-0.39, 0.29) is 15.3 Å². The van der Waals surface area contributed by atoms with Gasteiger partial charge in [0, 0.05) is 5.41 Å². The zero-order valence-corrected chi connectivity index (χ0v) is 11.6. The molecule has 4 fully saturated rings. The third kappa shape index (κ3) is 1.77. The molecule has 0 amide bonds. The maximum atomic E-state index is 11.3. The summed E-state index contributed by atoms with van der Waals surface area (Å²) in [6.45, 7) is 0.491. The van der Waals surface area contributed by atoms with E-state index in [1.54, 1.807) is 22.6 Å². The van der Waals surface area contributed by atoms with Crippen molar-refractivity contribution in [1.29, 1.82) is 0 Å². The monoisotopic (exact) mass is 350 g/mol. The van der Waals surface area contributed by atoms with E-state index in [1.807, 2.05) is 0 Å². The standard InChI is InChI=1S/C12H15IO4/c13-11(16)17-5-12-2-6-1-7(3-12)9(10(14)15)8(6)4-12/h6-9H,1-5H2,(H,14,15). The Bertz CT molecular complexity index is 379. The predicted molar refractivity (Wildman–Crippen MR) is 67.9 cm³/mol. The van der Waals surface area contributed by atoms with Gasteiger partial charge in [0.25, 0.3) is 0 Å². The summed E-state index contributed by atoms with van der Waals surface area (Å²) in [5.74, 6) is 0.453. The van der Waals surface area contributed by atoms with Crippen molar-refractivity contribution in [3.05, 3.63) is 0 Å². The molecule has 4 aliphatic rings. The molecule has 0 aromatic rings. The van der Waals surface area contributed by atoms with E-state index >= 15 is 0 Å². The normalized spacial score (nSPS) is 46.2. The van der Waals surface area contributed by atoms with Crippen molar-refractivity contribution in [1.82, 2.24) is 0 Å². The second-order valence-corrected chi connectivity index (χ2v) is 6.80. The summed E-state index contributed by atoms with van der Waals surface area (Å²) in [7, 11) is 0. The molecule has 0 spiro atoms. The highest BCUT2D eigenvalue weighted by atomic mass is 127. The Labute approximate surface area is 113 Å². The van der Waals surface area contributed by atoms with E-state index in [4.69, 9.17) is 4.74 Å². The van der Waals surface area contributed by atoms with Gasteiger partial charge in [-0.25, -0.2) is 4.79 Å². The Kier molecular flexibility index (Phi) is 2.65. The number of carboxylic acid groups (broad SMARTS) is 1. The quantitative estimate of drug-likeness (QED) is 0.628. The van der Waals surface area contributed by atoms with E-state index < -0.39 is 5.97 Å². The highest BCUT2D eigenvalue weighted by Crippen LogP contribution is 2.66. The van der Waals surface area contributed by atoms with Crippen LogP contribution >= 0.6 is 22.6 Å². The zero-order chi connectivity index (χ0) is 12.2. The maximum absolute atomic E-state index is 11.3. The van der Waals surface area contributed by atoms with Gasteiger partial charge in [0.05, 0.1) is 35.1 Å². The Balaban J connectivity index is 1.75. The van der Waals surface area contributed by atoms with Gasteiger partial charge in [0.2, 0.25) is 0 Å². The molecule has 0 radical (unpaired) electrons. The number of hydrogen-bond acceptors (Lipinski definition) is 3. The van der Waals surface area contributed by atoms with Crippen LogP contribution in [0.3, 0.4) is 0 Å². The van der Waals surface area contributed by atoms with Crippen LogP contribution in [0.2, 0.25) is 0 Å². The van der Waals surface area contributed by atoms with Crippen molar-refractivity contribution in [2.45, 2.75) is 25.7 Å². The molecule has 17 heavy (non-hydrogen) atoms. The van der Waals surface area contributed by atoms with E-state index in [0.29, 0.717) is 24.4 Å². The Hall–Kier alpha value is -0.330. The minimum absolute atomic E-state index is 0.102. The van der Waals surface area contributed by atoms with E-state index in [0.717, 1.165) is 25.7 Å². The molecule has 4 aliphatic carbocycles. The lowest BCUT2D eigenvalue weighted by atomic mass is 9.66. The summed E-state index contributed by atoms with van der Waals surface area (Å²) >= 11 is 1.65. The SMILES string of the molecule is O=C(I)OCC12CC3CC(C1)C(C(=O)O)C3C2. The first-order chi connectivity index (χ1) is 8.01. The van der Waals surface area contributed by atoms with Crippen molar-refractivity contribution < 1.29 is 19.4 Å². The molecule has 5 atom stereocenters. The van der Waals surface area contributed by atoms with Gasteiger partial charge in [-0.2, -0.15) is 0 Å². The zero-order valence-electron chi connectivity index (χ0n) is 9.39. The van der Waals surface area contributed by atoms with Crippen LogP contribution in [0.4, 0.5) is 4.79 Å². The van der Waals surface area contributed by atoms with Crippen LogP contribution in [-0.2, 0) is 9.53 Å². The summed E-state index contributed by atoms with van der Waals surface area (Å²) in [5.41, 5.74) is 0.102. The number of carbonyl (C=O) groups is 2. The lowest BCUT2D eigenvalue weighted by Gasteiger charge is -2.39. The van der Waals surface area contributed by atoms with Gasteiger partial charge in [-0.15, -0.1) is 0 Å². The van der Waals surface area contributed by atoms with Crippen molar-refractivity contribution in [2.75, 3.05) is 6.61 Å². The molecule has 0 aliphatic heterocycles. The summed E-state index contributed by atoms with van der Waals surface area (Å²) in [4.78, 5) is 22.2. The average molecular weight is 350 g/mol. The second kappa shape index (κ2) is 3.83. The summed E-state index contributed by atoms with van der Waals surface area (Å²) in [6.07, 6.45) is 4.00. The molecule has 0 saturated heterocycles. The van der Waals surface area contributed by atoms with E-state index in [9.17, 15) is 14.7 Å². The summed E-state index contributed by atoms with van der Waals surface area (Å²) in [5, 5.41) is 9.27. The number of carboxylic acids is 1. The van der Waals surface area contributed by atoms with Crippen molar-refractivity contribution in [3.63, 3.8) is 0 Å².